The second kappa shape index (κ2) is 13.3. The van der Waals surface area contributed by atoms with Crippen molar-refractivity contribution in [3.8, 4) is 0 Å². The Labute approximate surface area is 170 Å². The van der Waals surface area contributed by atoms with Crippen LogP contribution in [-0.4, -0.2) is 27.6 Å². The van der Waals surface area contributed by atoms with E-state index in [0.717, 1.165) is 23.6 Å². The van der Waals surface area contributed by atoms with Crippen LogP contribution in [0, 0.1) is 0 Å². The number of aliphatic hydroxyl groups excluding tert-OH is 1. The molecule has 148 valence electrons. The molecule has 2 aromatic rings. The molecule has 0 saturated carbocycles. The Morgan fingerprint density at radius 3 is 2.48 bits per heavy atom. The van der Waals surface area contributed by atoms with E-state index >= 15 is 0 Å². The zero-order valence-corrected chi connectivity index (χ0v) is 17.6. The second-order valence-corrected chi connectivity index (χ2v) is 7.13. The average molecular weight is 410 g/mol. The third kappa shape index (κ3) is 9.04. The summed E-state index contributed by atoms with van der Waals surface area (Å²) in [6.07, 6.45) is 7.42. The molecular formula is C20H28ClN3O2S. The highest BCUT2D eigenvalue weighted by atomic mass is 35.5. The Balaban J connectivity index is 0.000000241. The molecule has 2 heterocycles. The van der Waals surface area contributed by atoms with Crippen molar-refractivity contribution in [2.45, 2.75) is 32.1 Å². The molecular weight excluding hydrogens is 382 g/mol. The molecule has 27 heavy (non-hydrogen) atoms. The molecule has 5 nitrogen and oxygen atoms in total. The van der Waals surface area contributed by atoms with Crippen molar-refractivity contribution < 1.29 is 9.90 Å². The van der Waals surface area contributed by atoms with E-state index in [1.807, 2.05) is 66.7 Å². The van der Waals surface area contributed by atoms with Gasteiger partial charge >= 0.3 is 0 Å². The van der Waals surface area contributed by atoms with E-state index < -0.39 is 0 Å². The van der Waals surface area contributed by atoms with E-state index in [2.05, 4.69) is 17.6 Å². The summed E-state index contributed by atoms with van der Waals surface area (Å²) in [6.45, 7) is 4.35. The van der Waals surface area contributed by atoms with Crippen LogP contribution in [0.5, 0.6) is 0 Å². The molecule has 0 radical (unpaired) electrons. The van der Waals surface area contributed by atoms with Crippen LogP contribution in [-0.2, 0) is 18.3 Å². The lowest BCUT2D eigenvalue weighted by Crippen LogP contribution is -2.32. The number of benzene rings is 1. The van der Waals surface area contributed by atoms with E-state index in [1.165, 1.54) is 17.3 Å². The predicted octanol–water partition coefficient (Wildman–Crippen LogP) is 4.39. The molecule has 0 saturated heterocycles. The van der Waals surface area contributed by atoms with Crippen molar-refractivity contribution in [2.75, 3.05) is 11.9 Å². The summed E-state index contributed by atoms with van der Waals surface area (Å²) in [5.41, 5.74) is 2.05. The third-order valence-corrected chi connectivity index (χ3v) is 4.71. The Bertz CT molecular complexity index is 709. The number of hydrogen-bond acceptors (Lipinski definition) is 4. The number of carbonyl (C=O) groups excluding carboxylic acids is 1. The van der Waals surface area contributed by atoms with E-state index in [4.69, 9.17) is 16.7 Å². The van der Waals surface area contributed by atoms with Crippen LogP contribution >= 0.6 is 23.4 Å². The van der Waals surface area contributed by atoms with E-state index in [-0.39, 0.29) is 11.3 Å². The number of aliphatic hydroxyl groups is 1. The van der Waals surface area contributed by atoms with Gasteiger partial charge in [-0.15, -0.1) is 0 Å². The quantitative estimate of drug-likeness (QED) is 0.700. The van der Waals surface area contributed by atoms with Crippen LogP contribution in [0.1, 0.15) is 25.8 Å². The van der Waals surface area contributed by atoms with Crippen LogP contribution in [0.15, 0.2) is 54.3 Å². The smallest absolute Gasteiger partial charge is 0.257 e. The van der Waals surface area contributed by atoms with E-state index in [9.17, 15) is 4.79 Å². The molecule has 3 N–H and O–H groups in total. The fourth-order valence-electron chi connectivity index (χ4n) is 1.99. The maximum atomic E-state index is 11.6. The first-order valence-electron chi connectivity index (χ1n) is 8.85. The molecule has 0 fully saturated rings. The zero-order valence-electron chi connectivity index (χ0n) is 16.0. The van der Waals surface area contributed by atoms with Crippen LogP contribution in [0.3, 0.4) is 0 Å². The molecule has 7 heteroatoms. The van der Waals surface area contributed by atoms with Crippen molar-refractivity contribution >= 4 is 35.0 Å². The highest BCUT2D eigenvalue weighted by molar-refractivity contribution is 8.03. The Morgan fingerprint density at radius 2 is 2.04 bits per heavy atom. The number of aryl methyl sites for hydroxylation is 2. The molecule has 1 aromatic heterocycles. The number of halogens is 1. The normalized spacial score (nSPS) is 14.3. The molecule has 0 bridgehead atoms. The summed E-state index contributed by atoms with van der Waals surface area (Å²) < 4.78 is 1.89. The molecule has 3 rings (SSSR count). The molecule has 1 unspecified atom stereocenters. The van der Waals surface area contributed by atoms with Gasteiger partial charge in [0.05, 0.1) is 5.69 Å². The van der Waals surface area contributed by atoms with Gasteiger partial charge in [-0.05, 0) is 35.9 Å². The number of hydrogen-bond donors (Lipinski definition) is 3. The Morgan fingerprint density at radius 1 is 1.33 bits per heavy atom. The lowest BCUT2D eigenvalue weighted by Gasteiger charge is -2.09. The fraction of sp³-hybridized carbons (Fsp3) is 0.350. The molecule has 1 amide bonds. The first-order chi connectivity index (χ1) is 13.0. The van der Waals surface area contributed by atoms with Gasteiger partial charge in [0, 0.05) is 37.3 Å². The van der Waals surface area contributed by atoms with E-state index in [0.29, 0.717) is 6.61 Å². The Hall–Kier alpha value is -1.89. The number of anilines is 1. The molecule has 1 aliphatic heterocycles. The van der Waals surface area contributed by atoms with Gasteiger partial charge in [-0.1, -0.05) is 55.4 Å². The van der Waals surface area contributed by atoms with Crippen molar-refractivity contribution in [2.24, 2.45) is 7.05 Å². The monoisotopic (exact) mass is 409 g/mol. The summed E-state index contributed by atoms with van der Waals surface area (Å²) in [7, 11) is 1.92. The summed E-state index contributed by atoms with van der Waals surface area (Å²) in [6, 6.07) is 9.78. The number of rotatable bonds is 4. The van der Waals surface area contributed by atoms with Gasteiger partial charge in [0.1, 0.15) is 0 Å². The fourth-order valence-corrected chi connectivity index (χ4v) is 2.91. The van der Waals surface area contributed by atoms with Crippen LogP contribution in [0.25, 0.3) is 0 Å². The highest BCUT2D eigenvalue weighted by Crippen LogP contribution is 2.17. The zero-order chi connectivity index (χ0) is 20.1. The van der Waals surface area contributed by atoms with Gasteiger partial charge in [-0.3, -0.25) is 4.79 Å². The molecule has 1 atom stereocenters. The minimum Gasteiger partial charge on any atom is -0.396 e. The number of nitrogens with zero attached hydrogens (tertiary/aromatic N) is 1. The summed E-state index contributed by atoms with van der Waals surface area (Å²) in [5, 5.41) is 16.2. The highest BCUT2D eigenvalue weighted by Gasteiger charge is 2.19. The average Bonchev–Trinajstić information content (AvgIpc) is 3.35. The third-order valence-electron chi connectivity index (χ3n) is 3.43. The van der Waals surface area contributed by atoms with Gasteiger partial charge in [-0.2, -0.15) is 0 Å². The minimum absolute atomic E-state index is 0.0220. The molecule has 0 aliphatic carbocycles. The summed E-state index contributed by atoms with van der Waals surface area (Å²) >= 11 is 7.29. The van der Waals surface area contributed by atoms with Gasteiger partial charge in [0.15, 0.2) is 5.37 Å². The topological polar surface area (TPSA) is 66.3 Å². The van der Waals surface area contributed by atoms with Gasteiger partial charge in [0.25, 0.3) is 5.91 Å². The molecule has 0 spiro atoms. The lowest BCUT2D eigenvalue weighted by molar-refractivity contribution is -0.116. The number of thioether (sulfide) groups is 1. The van der Waals surface area contributed by atoms with Crippen molar-refractivity contribution in [1.29, 1.82) is 0 Å². The first-order valence-corrected chi connectivity index (χ1v) is 10.2. The van der Waals surface area contributed by atoms with Crippen LogP contribution in [0.4, 0.5) is 5.69 Å². The SMILES string of the molecule is CCCO.CCc1ccccc1Cl.Cn1ccc(NC(=O)C2NC=CS2)c1. The molecule has 1 aliphatic rings. The van der Waals surface area contributed by atoms with Crippen LogP contribution < -0.4 is 10.6 Å². The maximum absolute atomic E-state index is 11.6. The Kier molecular flexibility index (Phi) is 11.4. The second-order valence-electron chi connectivity index (χ2n) is 5.71. The lowest BCUT2D eigenvalue weighted by atomic mass is 10.2. The van der Waals surface area contributed by atoms with E-state index in [1.54, 1.807) is 6.20 Å². The number of carbonyl (C=O) groups is 1. The molecule has 1 aromatic carbocycles. The first kappa shape index (κ1) is 23.1. The van der Waals surface area contributed by atoms with Gasteiger partial charge < -0.3 is 20.3 Å². The number of nitrogens with one attached hydrogen (secondary N) is 2. The van der Waals surface area contributed by atoms with Gasteiger partial charge in [0.2, 0.25) is 0 Å². The van der Waals surface area contributed by atoms with Gasteiger partial charge in [-0.25, -0.2) is 0 Å². The predicted molar refractivity (Wildman–Crippen MR) is 116 cm³/mol. The standard InChI is InChI=1S/C9H11N3OS.C8H9Cl.C3H8O/c1-12-4-2-7(6-12)11-8(13)9-10-3-5-14-9;1-2-7-5-3-4-6-8(7)9;1-2-3-4/h2-6,9-10H,1H3,(H,11,13);3-6H,2H2,1H3;4H,2-3H2,1H3. The summed E-state index contributed by atoms with van der Waals surface area (Å²) in [4.78, 5) is 11.6. The summed E-state index contributed by atoms with van der Waals surface area (Å²) in [5.74, 6) is -0.0220. The largest absolute Gasteiger partial charge is 0.396 e. The number of aromatic nitrogens is 1. The van der Waals surface area contributed by atoms with Crippen molar-refractivity contribution in [3.05, 3.63) is 64.9 Å². The van der Waals surface area contributed by atoms with Crippen molar-refractivity contribution in [1.82, 2.24) is 9.88 Å². The number of amides is 1. The van der Waals surface area contributed by atoms with Crippen molar-refractivity contribution in [3.63, 3.8) is 0 Å². The van der Waals surface area contributed by atoms with Crippen LogP contribution in [0.2, 0.25) is 5.02 Å². The maximum Gasteiger partial charge on any atom is 0.257 e. The minimum atomic E-state index is -0.199.